The van der Waals surface area contributed by atoms with E-state index in [1.54, 1.807) is 0 Å². The van der Waals surface area contributed by atoms with Crippen molar-refractivity contribution in [2.24, 2.45) is 5.92 Å². The second-order valence-electron chi connectivity index (χ2n) is 12.9. The number of aromatic nitrogens is 1. The van der Waals surface area contributed by atoms with Gasteiger partial charge in [0.15, 0.2) is 5.78 Å². The molecule has 1 aromatic heterocycles. The van der Waals surface area contributed by atoms with E-state index in [1.165, 1.54) is 31.7 Å². The van der Waals surface area contributed by atoms with Crippen LogP contribution in [-0.4, -0.2) is 16.3 Å². The number of carbonyl (C=O) groups is 2. The lowest BCUT2D eigenvalue weighted by molar-refractivity contribution is -0.150. The molecule has 240 valence electrons. The van der Waals surface area contributed by atoms with Crippen molar-refractivity contribution in [2.75, 3.05) is 0 Å². The van der Waals surface area contributed by atoms with Crippen LogP contribution in [0.15, 0.2) is 73.3 Å². The van der Waals surface area contributed by atoms with Gasteiger partial charge in [0.1, 0.15) is 0 Å². The summed E-state index contributed by atoms with van der Waals surface area (Å²) in [5, 5.41) is 4.24. The average Bonchev–Trinajstić information content (AvgIpc) is 3.34. The summed E-state index contributed by atoms with van der Waals surface area (Å²) in [5.41, 5.74) is 11.0. The minimum absolute atomic E-state index is 0.0555. The number of hydroxylamine groups is 1. The first kappa shape index (κ1) is 33.2. The number of rotatable bonds is 14. The Balaban J connectivity index is 1.81. The molecule has 0 aliphatic rings. The number of hydrogen-bond acceptors (Lipinski definition) is 4. The van der Waals surface area contributed by atoms with Gasteiger partial charge in [-0.05, 0) is 86.2 Å². The summed E-state index contributed by atoms with van der Waals surface area (Å²) in [5.74, 6) is 0.220. The zero-order chi connectivity index (χ0) is 33.0. The molecule has 4 aromatic carbocycles. The number of nitrogens with one attached hydrogen (secondary N) is 1. The Morgan fingerprint density at radius 2 is 1.63 bits per heavy atom. The SMILES string of the molecule is C=CCCC(NOC(C)=O)c1ccc2c(c1)c1cc(C(=O)c3c(C)cc(C)cc3C)c3ccccc3c1n2CC(CC)CCCC. The maximum atomic E-state index is 14.5. The van der Waals surface area contributed by atoms with Crippen LogP contribution in [-0.2, 0) is 16.2 Å². The number of benzene rings is 4. The van der Waals surface area contributed by atoms with Crippen molar-refractivity contribution < 1.29 is 14.4 Å². The molecule has 0 amide bonds. The summed E-state index contributed by atoms with van der Waals surface area (Å²) in [4.78, 5) is 31.5. The molecule has 0 saturated heterocycles. The van der Waals surface area contributed by atoms with E-state index in [9.17, 15) is 9.59 Å². The molecule has 5 aromatic rings. The lowest BCUT2D eigenvalue weighted by atomic mass is 9.89. The highest BCUT2D eigenvalue weighted by atomic mass is 16.7. The van der Waals surface area contributed by atoms with Crippen molar-refractivity contribution in [1.29, 1.82) is 0 Å². The topological polar surface area (TPSA) is 60.3 Å². The summed E-state index contributed by atoms with van der Waals surface area (Å²) in [6, 6.07) is 21.1. The maximum absolute atomic E-state index is 14.5. The second-order valence-corrected chi connectivity index (χ2v) is 12.9. The fourth-order valence-corrected chi connectivity index (χ4v) is 7.16. The van der Waals surface area contributed by atoms with E-state index < -0.39 is 0 Å². The summed E-state index contributed by atoms with van der Waals surface area (Å²) in [6.45, 7) is 16.9. The van der Waals surface area contributed by atoms with Crippen LogP contribution in [0, 0.1) is 26.7 Å². The summed E-state index contributed by atoms with van der Waals surface area (Å²) in [7, 11) is 0. The number of carbonyl (C=O) groups excluding carboxylic acids is 2. The molecule has 46 heavy (non-hydrogen) atoms. The Morgan fingerprint density at radius 3 is 2.28 bits per heavy atom. The quantitative estimate of drug-likeness (QED) is 0.0766. The standard InChI is InChI=1S/C41H48N2O3/c1-8-11-15-30(10-3)25-43-38-20-19-31(37(18-12-9-2)42-46-29(7)44)23-34(38)35-24-36(32-16-13-14-17-33(32)40(35)43)41(45)39-27(5)21-26(4)22-28(39)6/h9,13-14,16-17,19-24,30,37,42H,2,8,10-12,15,18,25H2,1,3-7H3. The molecular weight excluding hydrogens is 568 g/mol. The van der Waals surface area contributed by atoms with E-state index in [1.807, 2.05) is 26.0 Å². The molecule has 1 heterocycles. The van der Waals surface area contributed by atoms with Crippen LogP contribution in [0.3, 0.4) is 0 Å². The molecule has 0 saturated carbocycles. The van der Waals surface area contributed by atoms with Gasteiger partial charge >= 0.3 is 5.97 Å². The predicted molar refractivity (Wildman–Crippen MR) is 191 cm³/mol. The van der Waals surface area contributed by atoms with Crippen LogP contribution < -0.4 is 5.48 Å². The maximum Gasteiger partial charge on any atom is 0.321 e. The van der Waals surface area contributed by atoms with Crippen LogP contribution in [0.1, 0.15) is 104 Å². The molecule has 5 nitrogen and oxygen atoms in total. The minimum atomic E-state index is -0.379. The molecule has 5 heteroatoms. The normalized spacial score (nSPS) is 12.9. The average molecular weight is 617 g/mol. The molecule has 5 rings (SSSR count). The van der Waals surface area contributed by atoms with Crippen molar-refractivity contribution in [1.82, 2.24) is 10.0 Å². The summed E-state index contributed by atoms with van der Waals surface area (Å²) in [6.07, 6.45) is 8.06. The Kier molecular flexibility index (Phi) is 10.4. The number of unbranched alkanes of at least 4 members (excludes halogenated alkanes) is 1. The minimum Gasteiger partial charge on any atom is -0.370 e. The first-order valence-electron chi connectivity index (χ1n) is 16.8. The monoisotopic (exact) mass is 616 g/mol. The van der Waals surface area contributed by atoms with E-state index >= 15 is 0 Å². The number of hydrogen-bond donors (Lipinski definition) is 1. The van der Waals surface area contributed by atoms with E-state index in [0.29, 0.717) is 5.92 Å². The van der Waals surface area contributed by atoms with Gasteiger partial charge in [-0.15, -0.1) is 12.1 Å². The van der Waals surface area contributed by atoms with Crippen LogP contribution in [0.2, 0.25) is 0 Å². The van der Waals surface area contributed by atoms with E-state index in [2.05, 4.69) is 92.0 Å². The van der Waals surface area contributed by atoms with Gasteiger partial charge in [0.05, 0.1) is 11.6 Å². The zero-order valence-corrected chi connectivity index (χ0v) is 28.3. The van der Waals surface area contributed by atoms with Crippen molar-refractivity contribution in [3.8, 4) is 0 Å². The lowest BCUT2D eigenvalue weighted by Gasteiger charge is -2.19. The van der Waals surface area contributed by atoms with Crippen molar-refractivity contribution >= 4 is 44.3 Å². The first-order chi connectivity index (χ1) is 22.2. The van der Waals surface area contributed by atoms with Gasteiger partial charge in [0, 0.05) is 46.3 Å². The molecular formula is C41H48N2O3. The Hall–Kier alpha value is -4.22. The van der Waals surface area contributed by atoms with Crippen LogP contribution >= 0.6 is 0 Å². The van der Waals surface area contributed by atoms with Gasteiger partial charge in [-0.2, -0.15) is 0 Å². The largest absolute Gasteiger partial charge is 0.370 e. The number of aryl methyl sites for hydroxylation is 3. The van der Waals surface area contributed by atoms with Crippen molar-refractivity contribution in [3.05, 3.63) is 107 Å². The smallest absolute Gasteiger partial charge is 0.321 e. The van der Waals surface area contributed by atoms with E-state index in [0.717, 1.165) is 86.2 Å². The fourth-order valence-electron chi connectivity index (χ4n) is 7.16. The molecule has 0 aliphatic heterocycles. The molecule has 0 aliphatic carbocycles. The Labute approximate surface area is 273 Å². The zero-order valence-electron chi connectivity index (χ0n) is 28.3. The van der Waals surface area contributed by atoms with Gasteiger partial charge in [-0.1, -0.05) is 87.2 Å². The van der Waals surface area contributed by atoms with Crippen LogP contribution in [0.25, 0.3) is 32.6 Å². The third kappa shape index (κ3) is 6.66. The molecule has 0 spiro atoms. The highest BCUT2D eigenvalue weighted by Gasteiger charge is 2.24. The van der Waals surface area contributed by atoms with Crippen LogP contribution in [0.4, 0.5) is 0 Å². The highest BCUT2D eigenvalue weighted by Crippen LogP contribution is 2.39. The number of fused-ring (bicyclic) bond motifs is 5. The van der Waals surface area contributed by atoms with E-state index in [-0.39, 0.29) is 17.8 Å². The van der Waals surface area contributed by atoms with E-state index in [4.69, 9.17) is 4.84 Å². The molecule has 0 fully saturated rings. The molecule has 0 bridgehead atoms. The predicted octanol–water partition coefficient (Wildman–Crippen LogP) is 10.4. The Morgan fingerprint density at radius 1 is 0.913 bits per heavy atom. The van der Waals surface area contributed by atoms with Crippen molar-refractivity contribution in [3.63, 3.8) is 0 Å². The number of ketones is 1. The summed E-state index contributed by atoms with van der Waals surface area (Å²) < 4.78 is 2.50. The number of allylic oxidation sites excluding steroid dienone is 1. The van der Waals surface area contributed by atoms with Gasteiger partial charge in [-0.3, -0.25) is 9.59 Å². The fraction of sp³-hybridized carbons (Fsp3) is 0.366. The highest BCUT2D eigenvalue weighted by molar-refractivity contribution is 6.26. The molecule has 2 atom stereocenters. The van der Waals surface area contributed by atoms with Gasteiger partial charge in [-0.25, -0.2) is 0 Å². The third-order valence-corrected chi connectivity index (χ3v) is 9.43. The third-order valence-electron chi connectivity index (χ3n) is 9.43. The van der Waals surface area contributed by atoms with Gasteiger partial charge in [0.2, 0.25) is 0 Å². The van der Waals surface area contributed by atoms with Gasteiger partial charge in [0.25, 0.3) is 0 Å². The van der Waals surface area contributed by atoms with Gasteiger partial charge < -0.3 is 9.40 Å². The Bertz CT molecular complexity index is 1890. The summed E-state index contributed by atoms with van der Waals surface area (Å²) >= 11 is 0. The van der Waals surface area contributed by atoms with Crippen molar-refractivity contribution in [2.45, 2.75) is 92.7 Å². The van der Waals surface area contributed by atoms with Crippen LogP contribution in [0.5, 0.6) is 0 Å². The molecule has 1 N–H and O–H groups in total. The number of nitrogens with zero attached hydrogens (tertiary/aromatic N) is 1. The lowest BCUT2D eigenvalue weighted by Crippen LogP contribution is -2.24. The second kappa shape index (κ2) is 14.5. The first-order valence-corrected chi connectivity index (χ1v) is 16.8. The molecule has 2 unspecified atom stereocenters. The molecule has 0 radical (unpaired) electrons.